The first-order valence-electron chi connectivity index (χ1n) is 16.7. The SMILES string of the molecule is CCCCCCCCC1COC(c2ccc(C(=O)Oc3ccc(C(=O)OC(CCCCCCOCC)C(F)(F)F)cc3)cc2)OC1. The second-order valence-electron chi connectivity index (χ2n) is 11.8. The van der Waals surface area contributed by atoms with Crippen LogP contribution in [0.2, 0.25) is 0 Å². The maximum absolute atomic E-state index is 13.5. The number of halogens is 3. The number of rotatable bonds is 20. The van der Waals surface area contributed by atoms with Crippen molar-refractivity contribution in [3.05, 3.63) is 65.2 Å². The van der Waals surface area contributed by atoms with Gasteiger partial charge in [-0.3, -0.25) is 0 Å². The Morgan fingerprint density at radius 3 is 2.02 bits per heavy atom. The van der Waals surface area contributed by atoms with E-state index in [1.807, 2.05) is 6.92 Å². The maximum Gasteiger partial charge on any atom is 0.425 e. The molecule has 0 saturated carbocycles. The van der Waals surface area contributed by atoms with Crippen molar-refractivity contribution in [2.45, 2.75) is 109 Å². The van der Waals surface area contributed by atoms with Crippen molar-refractivity contribution in [1.29, 1.82) is 0 Å². The summed E-state index contributed by atoms with van der Waals surface area (Å²) in [7, 11) is 0. The van der Waals surface area contributed by atoms with Crippen LogP contribution in [0.25, 0.3) is 0 Å². The average molecular weight is 651 g/mol. The molecule has 256 valence electrons. The number of alkyl halides is 3. The predicted molar refractivity (Wildman–Crippen MR) is 169 cm³/mol. The summed E-state index contributed by atoms with van der Waals surface area (Å²) in [6, 6.07) is 12.0. The molecule has 1 aliphatic rings. The van der Waals surface area contributed by atoms with E-state index in [0.717, 1.165) is 24.8 Å². The van der Waals surface area contributed by atoms with E-state index >= 15 is 0 Å². The molecule has 7 nitrogen and oxygen atoms in total. The average Bonchev–Trinajstić information content (AvgIpc) is 3.05. The van der Waals surface area contributed by atoms with Gasteiger partial charge in [0, 0.05) is 24.7 Å². The van der Waals surface area contributed by atoms with Gasteiger partial charge < -0.3 is 23.7 Å². The second-order valence-corrected chi connectivity index (χ2v) is 11.8. The smallest absolute Gasteiger partial charge is 0.425 e. The van der Waals surface area contributed by atoms with Gasteiger partial charge in [0.2, 0.25) is 0 Å². The molecule has 46 heavy (non-hydrogen) atoms. The topological polar surface area (TPSA) is 80.3 Å². The number of carbonyl (C=O) groups excluding carboxylic acids is 2. The first kappa shape index (κ1) is 37.5. The van der Waals surface area contributed by atoms with Crippen molar-refractivity contribution in [3.63, 3.8) is 0 Å². The molecule has 3 rings (SSSR count). The molecular formula is C36H49F3O7. The van der Waals surface area contributed by atoms with Crippen molar-refractivity contribution in [2.75, 3.05) is 26.4 Å². The molecule has 0 N–H and O–H groups in total. The molecule has 1 fully saturated rings. The lowest BCUT2D eigenvalue weighted by atomic mass is 10.0. The van der Waals surface area contributed by atoms with Crippen LogP contribution in [0.3, 0.4) is 0 Å². The van der Waals surface area contributed by atoms with Crippen LogP contribution in [-0.4, -0.2) is 50.6 Å². The molecule has 0 bridgehead atoms. The molecule has 2 aromatic carbocycles. The Morgan fingerprint density at radius 2 is 1.37 bits per heavy atom. The first-order chi connectivity index (χ1) is 22.2. The van der Waals surface area contributed by atoms with Gasteiger partial charge >= 0.3 is 18.1 Å². The summed E-state index contributed by atoms with van der Waals surface area (Å²) in [6.45, 7) is 6.57. The van der Waals surface area contributed by atoms with Crippen LogP contribution in [0.4, 0.5) is 13.2 Å². The third-order valence-corrected chi connectivity index (χ3v) is 7.98. The molecule has 0 aromatic heterocycles. The molecule has 2 aromatic rings. The van der Waals surface area contributed by atoms with E-state index in [0.29, 0.717) is 44.3 Å². The lowest BCUT2D eigenvalue weighted by molar-refractivity contribution is -0.206. The molecular weight excluding hydrogens is 601 g/mol. The number of hydrogen-bond acceptors (Lipinski definition) is 7. The second kappa shape index (κ2) is 20.3. The quantitative estimate of drug-likeness (QED) is 0.0802. The van der Waals surface area contributed by atoms with Gasteiger partial charge in [-0.05, 0) is 69.0 Å². The van der Waals surface area contributed by atoms with Crippen LogP contribution in [0.15, 0.2) is 48.5 Å². The van der Waals surface area contributed by atoms with Crippen LogP contribution < -0.4 is 4.74 Å². The van der Waals surface area contributed by atoms with Crippen LogP contribution in [-0.2, 0) is 18.9 Å². The standard InChI is InChI=1S/C36H49F3O7/c1-3-5-6-7-8-11-14-27-25-43-35(44-26-27)30-18-16-28(17-19-30)33(40)45-31-22-20-29(21-23-31)34(41)46-32(36(37,38)39)15-12-9-10-13-24-42-4-2/h16-23,27,32,35H,3-15,24-26H2,1-2H3. The fourth-order valence-electron chi connectivity index (χ4n) is 5.24. The van der Waals surface area contributed by atoms with E-state index in [-0.39, 0.29) is 24.2 Å². The van der Waals surface area contributed by atoms with Gasteiger partial charge in [0.1, 0.15) is 5.75 Å². The van der Waals surface area contributed by atoms with Gasteiger partial charge in [0.15, 0.2) is 12.4 Å². The van der Waals surface area contributed by atoms with Crippen LogP contribution >= 0.6 is 0 Å². The molecule has 0 amide bonds. The van der Waals surface area contributed by atoms with E-state index in [2.05, 4.69) is 6.92 Å². The van der Waals surface area contributed by atoms with Crippen LogP contribution in [0.1, 0.15) is 123 Å². The molecule has 1 heterocycles. The lowest BCUT2D eigenvalue weighted by Crippen LogP contribution is -2.33. The summed E-state index contributed by atoms with van der Waals surface area (Å²) in [5.74, 6) is -1.18. The van der Waals surface area contributed by atoms with Gasteiger partial charge in [-0.1, -0.05) is 70.4 Å². The minimum atomic E-state index is -4.67. The molecule has 0 radical (unpaired) electrons. The molecule has 1 unspecified atom stereocenters. The van der Waals surface area contributed by atoms with Crippen molar-refractivity contribution >= 4 is 11.9 Å². The Balaban J connectivity index is 1.42. The molecule has 0 aliphatic carbocycles. The number of esters is 2. The maximum atomic E-state index is 13.5. The number of ether oxygens (including phenoxy) is 5. The van der Waals surface area contributed by atoms with Crippen molar-refractivity contribution in [3.8, 4) is 5.75 Å². The Bertz CT molecular complexity index is 1140. The molecule has 1 atom stereocenters. The summed E-state index contributed by atoms with van der Waals surface area (Å²) in [4.78, 5) is 25.2. The zero-order chi connectivity index (χ0) is 33.2. The van der Waals surface area contributed by atoms with Gasteiger partial charge in [0.05, 0.1) is 24.3 Å². The summed E-state index contributed by atoms with van der Waals surface area (Å²) >= 11 is 0. The highest BCUT2D eigenvalue weighted by Gasteiger charge is 2.42. The van der Waals surface area contributed by atoms with E-state index in [1.54, 1.807) is 24.3 Å². The first-order valence-corrected chi connectivity index (χ1v) is 16.7. The fraction of sp³-hybridized carbons (Fsp3) is 0.611. The van der Waals surface area contributed by atoms with Crippen molar-refractivity contribution < 1.29 is 46.4 Å². The lowest BCUT2D eigenvalue weighted by Gasteiger charge is -2.29. The highest BCUT2D eigenvalue weighted by molar-refractivity contribution is 5.92. The number of benzene rings is 2. The van der Waals surface area contributed by atoms with E-state index < -0.39 is 30.5 Å². The van der Waals surface area contributed by atoms with E-state index in [1.165, 1.54) is 62.8 Å². The number of hydrogen-bond donors (Lipinski definition) is 0. The van der Waals surface area contributed by atoms with E-state index in [4.69, 9.17) is 23.7 Å². The summed E-state index contributed by atoms with van der Waals surface area (Å²) in [5.41, 5.74) is 1.03. The summed E-state index contributed by atoms with van der Waals surface area (Å²) in [5, 5.41) is 0. The minimum Gasteiger partial charge on any atom is -0.449 e. The predicted octanol–water partition coefficient (Wildman–Crippen LogP) is 9.39. The molecule has 1 saturated heterocycles. The number of carbonyl (C=O) groups is 2. The monoisotopic (exact) mass is 650 g/mol. The van der Waals surface area contributed by atoms with Gasteiger partial charge in [-0.2, -0.15) is 13.2 Å². The highest BCUT2D eigenvalue weighted by atomic mass is 19.4. The Kier molecular flexibility index (Phi) is 16.6. The van der Waals surface area contributed by atoms with Crippen LogP contribution in [0, 0.1) is 5.92 Å². The third-order valence-electron chi connectivity index (χ3n) is 7.98. The van der Waals surface area contributed by atoms with E-state index in [9.17, 15) is 22.8 Å². The van der Waals surface area contributed by atoms with Crippen molar-refractivity contribution in [1.82, 2.24) is 0 Å². The minimum absolute atomic E-state index is 0.0724. The molecule has 0 spiro atoms. The van der Waals surface area contributed by atoms with Gasteiger partial charge in [-0.15, -0.1) is 0 Å². The Hall–Kier alpha value is -2.95. The molecule has 1 aliphatic heterocycles. The summed E-state index contributed by atoms with van der Waals surface area (Å²) in [6.07, 6.45) is 3.37. The van der Waals surface area contributed by atoms with Gasteiger partial charge in [-0.25, -0.2) is 9.59 Å². The van der Waals surface area contributed by atoms with Crippen molar-refractivity contribution in [2.24, 2.45) is 5.92 Å². The zero-order valence-corrected chi connectivity index (χ0v) is 27.2. The Morgan fingerprint density at radius 1 is 0.783 bits per heavy atom. The largest absolute Gasteiger partial charge is 0.449 e. The highest BCUT2D eigenvalue weighted by Crippen LogP contribution is 2.29. The normalized spacial score (nSPS) is 17.4. The summed E-state index contributed by atoms with van der Waals surface area (Å²) < 4.78 is 67.8. The van der Waals surface area contributed by atoms with Gasteiger partial charge in [0.25, 0.3) is 0 Å². The Labute approximate surface area is 271 Å². The van der Waals surface area contributed by atoms with Crippen LogP contribution in [0.5, 0.6) is 5.75 Å². The fourth-order valence-corrected chi connectivity index (χ4v) is 5.24. The number of unbranched alkanes of at least 4 members (excludes halogenated alkanes) is 8. The zero-order valence-electron chi connectivity index (χ0n) is 27.2. The third kappa shape index (κ3) is 13.4. The molecule has 10 heteroatoms.